The largest absolute Gasteiger partial charge is 0.497 e. The van der Waals surface area contributed by atoms with Crippen molar-refractivity contribution in [1.82, 2.24) is 0 Å². The number of hydrogen-bond donors (Lipinski definition) is 0. The van der Waals surface area contributed by atoms with Crippen LogP contribution in [-0.2, 0) is 4.74 Å². The SMILES string of the molecule is C=C[C@H]1CO[C@@H](c2ccc(OC)cc2)/C1=C(\CCCC)c1ccccc1. The smallest absolute Gasteiger partial charge is 0.118 e. The van der Waals surface area contributed by atoms with Gasteiger partial charge in [-0.1, -0.05) is 61.9 Å². The molecule has 0 bridgehead atoms. The molecule has 2 nitrogen and oxygen atoms in total. The molecule has 2 heteroatoms. The van der Waals surface area contributed by atoms with Crippen LogP contribution in [0.1, 0.15) is 43.4 Å². The van der Waals surface area contributed by atoms with E-state index >= 15 is 0 Å². The molecule has 1 aliphatic heterocycles. The van der Waals surface area contributed by atoms with Crippen LogP contribution in [0.5, 0.6) is 5.75 Å². The minimum atomic E-state index is -0.0176. The molecule has 1 saturated heterocycles. The van der Waals surface area contributed by atoms with Crippen molar-refractivity contribution in [1.29, 1.82) is 0 Å². The Bertz CT molecular complexity index is 744. The second-order valence-electron chi connectivity index (χ2n) is 6.73. The number of ether oxygens (including phenoxy) is 2. The Morgan fingerprint density at radius 3 is 2.50 bits per heavy atom. The van der Waals surface area contributed by atoms with Gasteiger partial charge in [0.1, 0.15) is 11.9 Å². The van der Waals surface area contributed by atoms with Gasteiger partial charge < -0.3 is 9.47 Å². The van der Waals surface area contributed by atoms with Gasteiger partial charge in [0.15, 0.2) is 0 Å². The van der Waals surface area contributed by atoms with Crippen molar-refractivity contribution < 1.29 is 9.47 Å². The van der Waals surface area contributed by atoms with Crippen LogP contribution in [0.4, 0.5) is 0 Å². The average Bonchev–Trinajstić information content (AvgIpc) is 3.13. The molecule has 0 spiro atoms. The van der Waals surface area contributed by atoms with E-state index in [0.717, 1.165) is 12.2 Å². The highest BCUT2D eigenvalue weighted by molar-refractivity contribution is 5.71. The molecule has 0 aromatic heterocycles. The number of allylic oxidation sites excluding steroid dienone is 1. The Morgan fingerprint density at radius 2 is 1.88 bits per heavy atom. The summed E-state index contributed by atoms with van der Waals surface area (Å²) >= 11 is 0. The lowest BCUT2D eigenvalue weighted by Crippen LogP contribution is -2.05. The van der Waals surface area contributed by atoms with E-state index in [-0.39, 0.29) is 12.0 Å². The average molecular weight is 348 g/mol. The van der Waals surface area contributed by atoms with Crippen molar-refractivity contribution in [3.8, 4) is 5.75 Å². The molecule has 0 amide bonds. The van der Waals surface area contributed by atoms with Crippen molar-refractivity contribution in [2.45, 2.75) is 32.3 Å². The minimum Gasteiger partial charge on any atom is -0.497 e. The van der Waals surface area contributed by atoms with Gasteiger partial charge in [0, 0.05) is 5.92 Å². The molecule has 3 rings (SSSR count). The van der Waals surface area contributed by atoms with Gasteiger partial charge in [0.2, 0.25) is 0 Å². The molecule has 0 saturated carbocycles. The van der Waals surface area contributed by atoms with Crippen molar-refractivity contribution in [3.63, 3.8) is 0 Å². The number of unbranched alkanes of at least 4 members (excludes halogenated alkanes) is 1. The Hall–Kier alpha value is -2.32. The van der Waals surface area contributed by atoms with Gasteiger partial charge in [-0.15, -0.1) is 6.58 Å². The zero-order valence-electron chi connectivity index (χ0n) is 15.8. The highest BCUT2D eigenvalue weighted by Gasteiger charge is 2.33. The third-order valence-electron chi connectivity index (χ3n) is 5.08. The first-order valence-electron chi connectivity index (χ1n) is 9.45. The lowest BCUT2D eigenvalue weighted by Gasteiger charge is -2.20. The van der Waals surface area contributed by atoms with Gasteiger partial charge in [-0.2, -0.15) is 0 Å². The van der Waals surface area contributed by atoms with Crippen molar-refractivity contribution >= 4 is 5.57 Å². The summed E-state index contributed by atoms with van der Waals surface area (Å²) in [5.74, 6) is 1.13. The van der Waals surface area contributed by atoms with Gasteiger partial charge in [0.25, 0.3) is 0 Å². The quantitative estimate of drug-likeness (QED) is 0.554. The lowest BCUT2D eigenvalue weighted by molar-refractivity contribution is 0.120. The van der Waals surface area contributed by atoms with Crippen molar-refractivity contribution in [2.24, 2.45) is 5.92 Å². The fourth-order valence-electron chi connectivity index (χ4n) is 3.65. The molecule has 2 aromatic rings. The Labute approximate surface area is 157 Å². The topological polar surface area (TPSA) is 18.5 Å². The maximum atomic E-state index is 6.24. The summed E-state index contributed by atoms with van der Waals surface area (Å²) in [6.45, 7) is 7.00. The summed E-state index contributed by atoms with van der Waals surface area (Å²) in [4.78, 5) is 0. The predicted molar refractivity (Wildman–Crippen MR) is 108 cm³/mol. The van der Waals surface area contributed by atoms with Gasteiger partial charge in [0.05, 0.1) is 13.7 Å². The Kier molecular flexibility index (Phi) is 6.30. The first-order valence-corrected chi connectivity index (χ1v) is 9.45. The maximum absolute atomic E-state index is 6.24. The molecule has 2 aromatic carbocycles. The molecule has 1 aliphatic rings. The van der Waals surface area contributed by atoms with E-state index in [9.17, 15) is 0 Å². The fraction of sp³-hybridized carbons (Fsp3) is 0.333. The zero-order chi connectivity index (χ0) is 18.4. The van der Waals surface area contributed by atoms with Crippen molar-refractivity contribution in [2.75, 3.05) is 13.7 Å². The molecule has 0 unspecified atom stereocenters. The Balaban J connectivity index is 2.08. The fourth-order valence-corrected chi connectivity index (χ4v) is 3.65. The molecule has 0 aliphatic carbocycles. The number of benzene rings is 2. The summed E-state index contributed by atoms with van der Waals surface area (Å²) in [6, 6.07) is 18.9. The van der Waals surface area contributed by atoms with Crippen LogP contribution in [-0.4, -0.2) is 13.7 Å². The molecule has 2 atom stereocenters. The van der Waals surface area contributed by atoms with Gasteiger partial charge >= 0.3 is 0 Å². The monoisotopic (exact) mass is 348 g/mol. The predicted octanol–water partition coefficient (Wildman–Crippen LogP) is 6.21. The normalized spacial score (nSPS) is 21.5. The third-order valence-corrected chi connectivity index (χ3v) is 5.08. The third kappa shape index (κ3) is 3.91. The molecular weight excluding hydrogens is 320 g/mol. The number of hydrogen-bond acceptors (Lipinski definition) is 2. The van der Waals surface area contributed by atoms with E-state index in [0.29, 0.717) is 6.61 Å². The van der Waals surface area contributed by atoms with E-state index in [1.165, 1.54) is 35.1 Å². The molecule has 1 heterocycles. The first-order chi connectivity index (χ1) is 12.8. The second-order valence-corrected chi connectivity index (χ2v) is 6.73. The maximum Gasteiger partial charge on any atom is 0.118 e. The van der Waals surface area contributed by atoms with E-state index in [4.69, 9.17) is 9.47 Å². The van der Waals surface area contributed by atoms with Crippen LogP contribution < -0.4 is 4.74 Å². The molecule has 0 radical (unpaired) electrons. The minimum absolute atomic E-state index is 0.0176. The lowest BCUT2D eigenvalue weighted by atomic mass is 9.84. The van der Waals surface area contributed by atoms with E-state index in [1.54, 1.807) is 7.11 Å². The Morgan fingerprint density at radius 1 is 1.15 bits per heavy atom. The van der Waals surface area contributed by atoms with E-state index in [1.807, 2.05) is 18.2 Å². The summed E-state index contributed by atoms with van der Waals surface area (Å²) < 4.78 is 11.5. The highest BCUT2D eigenvalue weighted by atomic mass is 16.5. The highest BCUT2D eigenvalue weighted by Crippen LogP contribution is 2.44. The summed E-state index contributed by atoms with van der Waals surface area (Å²) in [6.07, 6.45) is 5.43. The van der Waals surface area contributed by atoms with Crippen LogP contribution in [0.25, 0.3) is 5.57 Å². The van der Waals surface area contributed by atoms with Crippen LogP contribution in [0.2, 0.25) is 0 Å². The molecule has 1 fully saturated rings. The van der Waals surface area contributed by atoms with Gasteiger partial charge in [-0.3, -0.25) is 0 Å². The van der Waals surface area contributed by atoms with Crippen LogP contribution in [0.3, 0.4) is 0 Å². The van der Waals surface area contributed by atoms with E-state index in [2.05, 4.69) is 56.0 Å². The van der Waals surface area contributed by atoms with Crippen LogP contribution in [0.15, 0.2) is 72.8 Å². The van der Waals surface area contributed by atoms with Gasteiger partial charge in [-0.05, 0) is 47.2 Å². The summed E-state index contributed by atoms with van der Waals surface area (Å²) in [5.41, 5.74) is 5.25. The molecule has 26 heavy (non-hydrogen) atoms. The van der Waals surface area contributed by atoms with Gasteiger partial charge in [-0.25, -0.2) is 0 Å². The van der Waals surface area contributed by atoms with E-state index < -0.39 is 0 Å². The number of methoxy groups -OCH3 is 1. The van der Waals surface area contributed by atoms with Crippen LogP contribution in [0, 0.1) is 5.92 Å². The molecule has 136 valence electrons. The molecule has 0 N–H and O–H groups in total. The first kappa shape index (κ1) is 18.5. The summed E-state index contributed by atoms with van der Waals surface area (Å²) in [7, 11) is 1.69. The number of rotatable bonds is 7. The zero-order valence-corrected chi connectivity index (χ0v) is 15.8. The second kappa shape index (κ2) is 8.86. The van der Waals surface area contributed by atoms with Crippen LogP contribution >= 0.6 is 0 Å². The molecular formula is C24H28O2. The van der Waals surface area contributed by atoms with Crippen molar-refractivity contribution in [3.05, 3.63) is 84.0 Å². The summed E-state index contributed by atoms with van der Waals surface area (Å²) in [5, 5.41) is 0. The standard InChI is InChI=1S/C24H28O2/c1-4-6-12-22(19-10-8-7-9-11-19)23-18(5-2)17-26-24(23)20-13-15-21(25-3)16-14-20/h5,7-11,13-16,18,24H,2,4,6,12,17H2,1,3H3/b23-22+/t18-,24-/m0/s1.